The van der Waals surface area contributed by atoms with Gasteiger partial charge in [0.25, 0.3) is 0 Å². The lowest BCUT2D eigenvalue weighted by Crippen LogP contribution is -2.29. The van der Waals surface area contributed by atoms with Crippen LogP contribution in [0.1, 0.15) is 23.6 Å². The Balaban J connectivity index is 1.57. The molecule has 0 bridgehead atoms. The van der Waals surface area contributed by atoms with Gasteiger partial charge in [0.2, 0.25) is 21.9 Å². The second kappa shape index (κ2) is 9.64. The Morgan fingerprint density at radius 1 is 1.17 bits per heavy atom. The number of hydrogen-bond acceptors (Lipinski definition) is 7. The lowest BCUT2D eigenvalue weighted by molar-refractivity contribution is -0.137. The fourth-order valence-corrected chi connectivity index (χ4v) is 4.80. The van der Waals surface area contributed by atoms with Crippen molar-refractivity contribution in [1.29, 1.82) is 0 Å². The van der Waals surface area contributed by atoms with E-state index < -0.39 is 27.6 Å². The largest absolute Gasteiger partial charge is 0.421 e. The summed E-state index contributed by atoms with van der Waals surface area (Å²) in [5.41, 5.74) is 1.88. The molecule has 190 valence electrons. The number of anilines is 5. The van der Waals surface area contributed by atoms with Crippen molar-refractivity contribution >= 4 is 44.8 Å². The van der Waals surface area contributed by atoms with Crippen LogP contribution < -0.4 is 20.3 Å². The van der Waals surface area contributed by atoms with E-state index in [0.717, 1.165) is 11.8 Å². The van der Waals surface area contributed by atoms with Crippen molar-refractivity contribution in [3.05, 3.63) is 65.4 Å². The predicted molar refractivity (Wildman–Crippen MR) is 131 cm³/mol. The number of nitrogens with zero attached hydrogens (tertiary/aromatic N) is 3. The van der Waals surface area contributed by atoms with Gasteiger partial charge in [0.1, 0.15) is 11.4 Å². The predicted octanol–water partition coefficient (Wildman–Crippen LogP) is 4.13. The molecule has 2 aromatic carbocycles. The number of carbonyl (C=O) groups excluding carboxylic acids is 1. The average molecular weight is 521 g/mol. The van der Waals surface area contributed by atoms with Crippen molar-refractivity contribution in [2.75, 3.05) is 33.1 Å². The molecule has 2 heterocycles. The maximum Gasteiger partial charge on any atom is 0.421 e. The Labute approximate surface area is 205 Å². The molecule has 1 aromatic heterocycles. The zero-order valence-corrected chi connectivity index (χ0v) is 20.2. The minimum Gasteiger partial charge on any atom is -0.365 e. The highest BCUT2D eigenvalue weighted by atomic mass is 32.2. The molecule has 0 spiro atoms. The quantitative estimate of drug-likeness (QED) is 0.409. The first kappa shape index (κ1) is 25.2. The second-order valence-corrected chi connectivity index (χ2v) is 10.0. The van der Waals surface area contributed by atoms with Crippen LogP contribution in [0.4, 0.5) is 42.0 Å². The standard InChI is InChI=1S/C23H23F3N6O3S/c1-3-32(36(2,34)35)17-6-4-5-14(9-17)12-27-21-18(23(24,25)26)13-28-22(31-21)29-16-7-8-19-15(10-16)11-20(33)30-19/h4-10,13H,3,11-12H2,1-2H3,(H,30,33)(H2,27,28,29,31). The number of fused-ring (bicyclic) bond motifs is 1. The first-order valence-corrected chi connectivity index (χ1v) is 12.7. The Bertz CT molecular complexity index is 1410. The fraction of sp³-hybridized carbons (Fsp3) is 0.261. The lowest BCUT2D eigenvalue weighted by atomic mass is 10.1. The molecule has 1 amide bonds. The van der Waals surface area contributed by atoms with Crippen LogP contribution in [0.5, 0.6) is 0 Å². The van der Waals surface area contributed by atoms with E-state index in [0.29, 0.717) is 28.8 Å². The second-order valence-electron chi connectivity index (χ2n) is 8.13. The van der Waals surface area contributed by atoms with Crippen molar-refractivity contribution in [3.63, 3.8) is 0 Å². The van der Waals surface area contributed by atoms with Crippen molar-refractivity contribution in [1.82, 2.24) is 9.97 Å². The van der Waals surface area contributed by atoms with E-state index in [2.05, 4.69) is 25.9 Å². The summed E-state index contributed by atoms with van der Waals surface area (Å²) in [6.45, 7) is 1.86. The third kappa shape index (κ3) is 5.67. The normalized spacial score (nSPS) is 13.2. The maximum atomic E-state index is 13.6. The molecule has 4 rings (SSSR count). The number of benzene rings is 2. The third-order valence-corrected chi connectivity index (χ3v) is 6.70. The highest BCUT2D eigenvalue weighted by Crippen LogP contribution is 2.35. The van der Waals surface area contributed by atoms with Crippen LogP contribution in [0.3, 0.4) is 0 Å². The van der Waals surface area contributed by atoms with Gasteiger partial charge >= 0.3 is 6.18 Å². The molecule has 9 nitrogen and oxygen atoms in total. The molecule has 1 aliphatic heterocycles. The van der Waals surface area contributed by atoms with E-state index in [4.69, 9.17) is 0 Å². The minimum atomic E-state index is -4.70. The highest BCUT2D eigenvalue weighted by Gasteiger charge is 2.35. The van der Waals surface area contributed by atoms with Gasteiger partial charge in [0.15, 0.2) is 0 Å². The molecule has 3 aromatic rings. The summed E-state index contributed by atoms with van der Waals surface area (Å²) in [6.07, 6.45) is -2.71. The number of aromatic nitrogens is 2. The van der Waals surface area contributed by atoms with E-state index >= 15 is 0 Å². The van der Waals surface area contributed by atoms with Gasteiger partial charge in [-0.15, -0.1) is 0 Å². The number of rotatable bonds is 8. The molecular weight excluding hydrogens is 497 g/mol. The number of sulfonamides is 1. The summed E-state index contributed by atoms with van der Waals surface area (Å²) >= 11 is 0. The van der Waals surface area contributed by atoms with Crippen molar-refractivity contribution in [3.8, 4) is 0 Å². The molecule has 0 fully saturated rings. The van der Waals surface area contributed by atoms with E-state index in [9.17, 15) is 26.4 Å². The smallest absolute Gasteiger partial charge is 0.365 e. The molecule has 13 heteroatoms. The van der Waals surface area contributed by atoms with E-state index in [1.807, 2.05) is 0 Å². The monoisotopic (exact) mass is 520 g/mol. The summed E-state index contributed by atoms with van der Waals surface area (Å²) in [4.78, 5) is 19.4. The van der Waals surface area contributed by atoms with Gasteiger partial charge in [0.05, 0.1) is 18.4 Å². The highest BCUT2D eigenvalue weighted by molar-refractivity contribution is 7.92. The summed E-state index contributed by atoms with van der Waals surface area (Å²) in [6, 6.07) is 11.5. The van der Waals surface area contributed by atoms with Gasteiger partial charge < -0.3 is 16.0 Å². The topological polar surface area (TPSA) is 116 Å². The zero-order valence-electron chi connectivity index (χ0n) is 19.3. The van der Waals surface area contributed by atoms with Gasteiger partial charge in [-0.05, 0) is 48.4 Å². The summed E-state index contributed by atoms with van der Waals surface area (Å²) in [7, 11) is -3.51. The number of nitrogens with one attached hydrogen (secondary N) is 3. The van der Waals surface area contributed by atoms with Crippen LogP contribution >= 0.6 is 0 Å². The lowest BCUT2D eigenvalue weighted by Gasteiger charge is -2.21. The maximum absolute atomic E-state index is 13.6. The number of amides is 1. The molecule has 3 N–H and O–H groups in total. The van der Waals surface area contributed by atoms with Gasteiger partial charge in [-0.25, -0.2) is 13.4 Å². The van der Waals surface area contributed by atoms with Crippen LogP contribution in [-0.2, 0) is 34.0 Å². The average Bonchev–Trinajstić information content (AvgIpc) is 3.16. The molecule has 0 unspecified atom stereocenters. The first-order chi connectivity index (χ1) is 16.9. The van der Waals surface area contributed by atoms with Crippen molar-refractivity contribution < 1.29 is 26.4 Å². The molecule has 1 aliphatic rings. The molecule has 0 saturated heterocycles. The zero-order chi connectivity index (χ0) is 26.1. The van der Waals surface area contributed by atoms with Crippen molar-refractivity contribution in [2.45, 2.75) is 26.1 Å². The Hall–Kier alpha value is -3.87. The molecule has 0 saturated carbocycles. The SMILES string of the molecule is CCN(c1cccc(CNc2nc(Nc3ccc4c(c3)CC(=O)N4)ncc2C(F)(F)F)c1)S(C)(=O)=O. The van der Waals surface area contributed by atoms with Gasteiger partial charge in [0, 0.05) is 30.7 Å². The minimum absolute atomic E-state index is 0.0404. The molecule has 0 aliphatic carbocycles. The van der Waals surface area contributed by atoms with Crippen LogP contribution in [0, 0.1) is 0 Å². The number of hydrogen-bond donors (Lipinski definition) is 3. The third-order valence-electron chi connectivity index (χ3n) is 5.43. The van der Waals surface area contributed by atoms with E-state index in [-0.39, 0.29) is 31.4 Å². The van der Waals surface area contributed by atoms with Crippen LogP contribution in [0.2, 0.25) is 0 Å². The molecule has 0 radical (unpaired) electrons. The Morgan fingerprint density at radius 2 is 1.94 bits per heavy atom. The van der Waals surface area contributed by atoms with Gasteiger partial charge in [-0.3, -0.25) is 9.10 Å². The summed E-state index contributed by atoms with van der Waals surface area (Å²) in [5.74, 6) is -0.633. The summed E-state index contributed by atoms with van der Waals surface area (Å²) < 4.78 is 66.1. The summed E-state index contributed by atoms with van der Waals surface area (Å²) in [5, 5.41) is 8.28. The van der Waals surface area contributed by atoms with Gasteiger partial charge in [-0.1, -0.05) is 12.1 Å². The number of carbonyl (C=O) groups is 1. The molecule has 36 heavy (non-hydrogen) atoms. The number of halogens is 3. The van der Waals surface area contributed by atoms with Crippen LogP contribution in [0.15, 0.2) is 48.7 Å². The molecular formula is C23H23F3N6O3S. The first-order valence-electron chi connectivity index (χ1n) is 10.9. The number of alkyl halides is 3. The van der Waals surface area contributed by atoms with Crippen molar-refractivity contribution in [2.24, 2.45) is 0 Å². The molecule has 0 atom stereocenters. The van der Waals surface area contributed by atoms with Crippen LogP contribution in [0.25, 0.3) is 0 Å². The van der Waals surface area contributed by atoms with E-state index in [1.54, 1.807) is 49.4 Å². The van der Waals surface area contributed by atoms with E-state index in [1.165, 1.54) is 4.31 Å². The Kier molecular flexibility index (Phi) is 6.76. The van der Waals surface area contributed by atoms with Crippen LogP contribution in [-0.4, -0.2) is 37.1 Å². The Morgan fingerprint density at radius 3 is 2.64 bits per heavy atom. The van der Waals surface area contributed by atoms with Gasteiger partial charge in [-0.2, -0.15) is 18.2 Å². The fourth-order valence-electron chi connectivity index (χ4n) is 3.84.